The molecule has 0 saturated heterocycles. The summed E-state index contributed by atoms with van der Waals surface area (Å²) in [5.74, 6) is 0. The van der Waals surface area contributed by atoms with Gasteiger partial charge in [-0.1, -0.05) is 50.1 Å². The monoisotopic (exact) mass is 514 g/mol. The predicted molar refractivity (Wildman–Crippen MR) is 131 cm³/mol. The normalized spacial score (nSPS) is 11.0. The van der Waals surface area contributed by atoms with Crippen molar-refractivity contribution in [3.63, 3.8) is 0 Å². The highest BCUT2D eigenvalue weighted by Crippen LogP contribution is 2.45. The number of hydrogen-bond acceptors (Lipinski definition) is 2. The Hall–Kier alpha value is -2.82. The molecule has 0 radical (unpaired) electrons. The van der Waals surface area contributed by atoms with Crippen molar-refractivity contribution in [2.24, 2.45) is 0 Å². The van der Waals surface area contributed by atoms with E-state index in [-0.39, 0.29) is 0 Å². The Morgan fingerprint density at radius 3 is 1.73 bits per heavy atom. The van der Waals surface area contributed by atoms with Gasteiger partial charge in [-0.05, 0) is 98.8 Å². The van der Waals surface area contributed by atoms with Crippen LogP contribution in [0.1, 0.15) is 0 Å². The molecule has 2 nitrogen and oxygen atoms in total. The van der Waals surface area contributed by atoms with Gasteiger partial charge in [0.05, 0.1) is 0 Å². The first-order valence-electron chi connectivity index (χ1n) is 9.54. The van der Waals surface area contributed by atoms with E-state index in [4.69, 9.17) is 0 Å². The van der Waals surface area contributed by atoms with Crippen LogP contribution in [0.5, 0.6) is 0 Å². The third-order valence-electron chi connectivity index (χ3n) is 5.20. The average molecular weight is 516 g/mol. The average Bonchev–Trinajstić information content (AvgIpc) is 2.79. The first kappa shape index (κ1) is 19.2. The van der Waals surface area contributed by atoms with E-state index in [0.717, 1.165) is 20.1 Å². The number of fused-ring (bicyclic) bond motifs is 1. The molecule has 0 bridgehead atoms. The minimum atomic E-state index is 1.06. The van der Waals surface area contributed by atoms with E-state index in [1.54, 1.807) is 0 Å². The highest BCUT2D eigenvalue weighted by molar-refractivity contribution is 9.10. The van der Waals surface area contributed by atoms with Crippen LogP contribution in [-0.2, 0) is 0 Å². The Labute approximate surface area is 191 Å². The molecule has 0 atom stereocenters. The summed E-state index contributed by atoms with van der Waals surface area (Å²) in [6.45, 7) is 0. The highest BCUT2D eigenvalue weighted by atomic mass is 79.9. The summed E-state index contributed by atoms with van der Waals surface area (Å²) in [5.41, 5.74) is 7.03. The van der Waals surface area contributed by atoms with E-state index in [0.29, 0.717) is 0 Å². The van der Waals surface area contributed by atoms with Crippen molar-refractivity contribution in [2.75, 3.05) is 0 Å². The molecule has 4 heteroatoms. The third kappa shape index (κ3) is 3.57. The quantitative estimate of drug-likeness (QED) is 0.242. The molecule has 3 aromatic carbocycles. The first-order chi connectivity index (χ1) is 14.7. The lowest BCUT2D eigenvalue weighted by Crippen LogP contribution is -1.93. The number of hydrogen-bond donors (Lipinski definition) is 0. The van der Waals surface area contributed by atoms with Crippen LogP contribution in [0.3, 0.4) is 0 Å². The molecule has 0 aliphatic rings. The summed E-state index contributed by atoms with van der Waals surface area (Å²) in [5, 5.41) is 2.39. The van der Waals surface area contributed by atoms with Crippen LogP contribution in [0.4, 0.5) is 0 Å². The molecular weight excluding hydrogens is 500 g/mol. The molecule has 0 spiro atoms. The molecule has 30 heavy (non-hydrogen) atoms. The standard InChI is InChI=1S/C26H16Br2N2/c27-21-4-1-18(2-5-21)25-23(17-7-11-29-12-8-17)15-20-3-6-22(28)16-24(20)26(25)19-9-13-30-14-10-19/h1-16H. The first-order valence-corrected chi connectivity index (χ1v) is 11.1. The Morgan fingerprint density at radius 1 is 0.500 bits per heavy atom. The summed E-state index contributed by atoms with van der Waals surface area (Å²) in [7, 11) is 0. The van der Waals surface area contributed by atoms with Crippen molar-refractivity contribution in [3.05, 3.63) is 107 Å². The molecule has 0 unspecified atom stereocenters. The summed E-state index contributed by atoms with van der Waals surface area (Å²) in [4.78, 5) is 8.46. The molecule has 144 valence electrons. The van der Waals surface area contributed by atoms with Crippen LogP contribution >= 0.6 is 31.9 Å². The summed E-state index contributed by atoms with van der Waals surface area (Å²) in [6, 6.07) is 25.5. The van der Waals surface area contributed by atoms with Gasteiger partial charge >= 0.3 is 0 Å². The van der Waals surface area contributed by atoms with Gasteiger partial charge in [-0.2, -0.15) is 0 Å². The second kappa shape index (κ2) is 8.13. The predicted octanol–water partition coefficient (Wildman–Crippen LogP) is 8.16. The van der Waals surface area contributed by atoms with E-state index >= 15 is 0 Å². The van der Waals surface area contributed by atoms with Gasteiger partial charge in [-0.3, -0.25) is 9.97 Å². The Balaban J connectivity index is 1.97. The fraction of sp³-hybridized carbons (Fsp3) is 0. The Kier molecular flexibility index (Phi) is 5.19. The van der Waals surface area contributed by atoms with Crippen molar-refractivity contribution >= 4 is 42.6 Å². The molecule has 0 aliphatic heterocycles. The highest BCUT2D eigenvalue weighted by Gasteiger charge is 2.18. The molecule has 0 amide bonds. The molecule has 0 N–H and O–H groups in total. The summed E-state index contributed by atoms with van der Waals surface area (Å²) >= 11 is 7.24. The molecule has 5 aromatic rings. The number of pyridine rings is 2. The maximum Gasteiger partial charge on any atom is 0.0273 e. The minimum absolute atomic E-state index is 1.06. The number of rotatable bonds is 3. The van der Waals surface area contributed by atoms with Crippen LogP contribution < -0.4 is 0 Å². The Morgan fingerprint density at radius 2 is 1.07 bits per heavy atom. The zero-order valence-electron chi connectivity index (χ0n) is 15.9. The third-order valence-corrected chi connectivity index (χ3v) is 6.22. The van der Waals surface area contributed by atoms with Gasteiger partial charge in [-0.25, -0.2) is 0 Å². The van der Waals surface area contributed by atoms with Crippen LogP contribution in [0, 0.1) is 0 Å². The van der Waals surface area contributed by atoms with Crippen molar-refractivity contribution in [1.29, 1.82) is 0 Å². The molecule has 0 aliphatic carbocycles. The maximum absolute atomic E-state index is 4.24. The van der Waals surface area contributed by atoms with Gasteiger partial charge in [-0.15, -0.1) is 0 Å². The van der Waals surface area contributed by atoms with Gasteiger partial charge in [0, 0.05) is 33.7 Å². The van der Waals surface area contributed by atoms with E-state index in [1.165, 1.54) is 33.0 Å². The van der Waals surface area contributed by atoms with Crippen LogP contribution in [-0.4, -0.2) is 9.97 Å². The number of benzene rings is 3. The SMILES string of the molecule is Brc1ccc(-c2c(-c3ccncc3)cc3ccc(Br)cc3c2-c2ccncc2)cc1. The van der Waals surface area contributed by atoms with Crippen LogP contribution in [0.2, 0.25) is 0 Å². The Bertz CT molecular complexity index is 1330. The molecule has 0 saturated carbocycles. The van der Waals surface area contributed by atoms with Gasteiger partial charge < -0.3 is 0 Å². The zero-order valence-corrected chi connectivity index (χ0v) is 19.1. The van der Waals surface area contributed by atoms with Crippen molar-refractivity contribution in [2.45, 2.75) is 0 Å². The van der Waals surface area contributed by atoms with E-state index in [1.807, 2.05) is 24.8 Å². The van der Waals surface area contributed by atoms with E-state index in [9.17, 15) is 0 Å². The fourth-order valence-corrected chi connectivity index (χ4v) is 4.49. The van der Waals surface area contributed by atoms with Gasteiger partial charge in [0.15, 0.2) is 0 Å². The molecule has 5 rings (SSSR count). The fourth-order valence-electron chi connectivity index (χ4n) is 3.86. The number of aromatic nitrogens is 2. The molecular formula is C26H16Br2N2. The summed E-state index contributed by atoms with van der Waals surface area (Å²) < 4.78 is 2.12. The lowest BCUT2D eigenvalue weighted by atomic mass is 9.84. The largest absolute Gasteiger partial charge is 0.265 e. The topological polar surface area (TPSA) is 25.8 Å². The number of nitrogens with zero attached hydrogens (tertiary/aromatic N) is 2. The van der Waals surface area contributed by atoms with E-state index in [2.05, 4.69) is 115 Å². The molecule has 2 aromatic heterocycles. The van der Waals surface area contributed by atoms with Crippen molar-refractivity contribution in [3.8, 4) is 33.4 Å². The second-order valence-corrected chi connectivity index (χ2v) is 8.85. The lowest BCUT2D eigenvalue weighted by molar-refractivity contribution is 1.33. The van der Waals surface area contributed by atoms with Gasteiger partial charge in [0.25, 0.3) is 0 Å². The van der Waals surface area contributed by atoms with Gasteiger partial charge in [0.2, 0.25) is 0 Å². The summed E-state index contributed by atoms with van der Waals surface area (Å²) in [6.07, 6.45) is 7.39. The van der Waals surface area contributed by atoms with Crippen LogP contribution in [0.25, 0.3) is 44.2 Å². The van der Waals surface area contributed by atoms with E-state index < -0.39 is 0 Å². The zero-order chi connectivity index (χ0) is 20.5. The molecule has 0 fully saturated rings. The smallest absolute Gasteiger partial charge is 0.0273 e. The van der Waals surface area contributed by atoms with Crippen LogP contribution in [0.15, 0.2) is 107 Å². The van der Waals surface area contributed by atoms with Crippen molar-refractivity contribution in [1.82, 2.24) is 9.97 Å². The lowest BCUT2D eigenvalue weighted by Gasteiger charge is -2.19. The second-order valence-electron chi connectivity index (χ2n) is 7.02. The van der Waals surface area contributed by atoms with Crippen molar-refractivity contribution < 1.29 is 0 Å². The molecule has 2 heterocycles. The minimum Gasteiger partial charge on any atom is -0.265 e. The van der Waals surface area contributed by atoms with Gasteiger partial charge in [0.1, 0.15) is 0 Å². The number of halogens is 2. The maximum atomic E-state index is 4.24.